The molecule has 4 nitrogen and oxygen atoms in total. The molecule has 0 aromatic carbocycles. The lowest BCUT2D eigenvalue weighted by Gasteiger charge is -2.10. The number of aryl methyl sites for hydroxylation is 1. The lowest BCUT2D eigenvalue weighted by atomic mass is 10.3. The summed E-state index contributed by atoms with van der Waals surface area (Å²) in [6.45, 7) is 4.00. The fourth-order valence-corrected chi connectivity index (χ4v) is 1.99. The van der Waals surface area contributed by atoms with Gasteiger partial charge in [-0.1, -0.05) is 0 Å². The van der Waals surface area contributed by atoms with E-state index in [1.165, 1.54) is 0 Å². The molecule has 74 valence electrons. The molecule has 5 heteroatoms. The zero-order chi connectivity index (χ0) is 10.1. The molecule has 1 atom stereocenters. The zero-order valence-electron chi connectivity index (χ0n) is 8.14. The van der Waals surface area contributed by atoms with Crippen LogP contribution in [0.15, 0.2) is 17.8 Å². The Balaban J connectivity index is 2.36. The zero-order valence-corrected chi connectivity index (χ0v) is 8.95. The fraction of sp³-hybridized carbons (Fsp3) is 0.333. The van der Waals surface area contributed by atoms with E-state index in [0.29, 0.717) is 5.82 Å². The van der Waals surface area contributed by atoms with Gasteiger partial charge in [0.15, 0.2) is 0 Å². The summed E-state index contributed by atoms with van der Waals surface area (Å²) in [7, 11) is 0. The molecule has 2 rings (SSSR count). The van der Waals surface area contributed by atoms with Crippen LogP contribution < -0.4 is 5.73 Å². The van der Waals surface area contributed by atoms with Crippen LogP contribution in [-0.2, 0) is 0 Å². The minimum absolute atomic E-state index is 0.115. The van der Waals surface area contributed by atoms with Crippen LogP contribution in [0.5, 0.6) is 0 Å². The molecule has 0 aliphatic rings. The summed E-state index contributed by atoms with van der Waals surface area (Å²) >= 11 is 1.62. The van der Waals surface area contributed by atoms with Crippen LogP contribution >= 0.6 is 11.3 Å². The molecular weight excluding hydrogens is 196 g/mol. The molecule has 2 heterocycles. The second-order valence-electron chi connectivity index (χ2n) is 3.20. The van der Waals surface area contributed by atoms with Crippen LogP contribution in [0.2, 0.25) is 0 Å². The van der Waals surface area contributed by atoms with Crippen LogP contribution in [0.25, 0.3) is 0 Å². The third-order valence-corrected chi connectivity index (χ3v) is 3.15. The predicted molar refractivity (Wildman–Crippen MR) is 57.3 cm³/mol. The first-order chi connectivity index (χ1) is 6.70. The number of thiazole rings is 1. The van der Waals surface area contributed by atoms with E-state index in [2.05, 4.69) is 10.1 Å². The van der Waals surface area contributed by atoms with E-state index in [4.69, 9.17) is 5.73 Å². The normalized spacial score (nSPS) is 13.0. The van der Waals surface area contributed by atoms with E-state index >= 15 is 0 Å². The van der Waals surface area contributed by atoms with Gasteiger partial charge in [0.25, 0.3) is 0 Å². The summed E-state index contributed by atoms with van der Waals surface area (Å²) in [5.74, 6) is 0.715. The molecular formula is C9H12N4S. The van der Waals surface area contributed by atoms with Crippen molar-refractivity contribution >= 4 is 17.2 Å². The Kier molecular flexibility index (Phi) is 2.25. The predicted octanol–water partition coefficient (Wildman–Crippen LogP) is 1.84. The molecule has 2 N–H and O–H groups in total. The molecule has 2 aromatic heterocycles. The molecule has 0 saturated carbocycles. The summed E-state index contributed by atoms with van der Waals surface area (Å²) in [6.07, 6.45) is 3.57. The molecule has 0 spiro atoms. The van der Waals surface area contributed by atoms with Gasteiger partial charge >= 0.3 is 0 Å². The minimum Gasteiger partial charge on any atom is -0.384 e. The average Bonchev–Trinajstić information content (AvgIpc) is 2.77. The van der Waals surface area contributed by atoms with Gasteiger partial charge in [0.1, 0.15) is 16.9 Å². The standard InChI is InChI=1S/C9H12N4S/c1-6-5-12-13(8(6)10)7(2)9-11-3-4-14-9/h3-5,7H,10H2,1-2H3. The first-order valence-corrected chi connectivity index (χ1v) is 5.27. The van der Waals surface area contributed by atoms with Crippen molar-refractivity contribution < 1.29 is 0 Å². The van der Waals surface area contributed by atoms with Crippen molar-refractivity contribution in [2.45, 2.75) is 19.9 Å². The molecule has 0 saturated heterocycles. The van der Waals surface area contributed by atoms with E-state index in [-0.39, 0.29) is 6.04 Å². The Labute approximate surface area is 86.4 Å². The van der Waals surface area contributed by atoms with Crippen molar-refractivity contribution in [1.29, 1.82) is 0 Å². The Morgan fingerprint density at radius 2 is 2.36 bits per heavy atom. The third kappa shape index (κ3) is 1.39. The molecule has 14 heavy (non-hydrogen) atoms. The number of nitrogens with zero attached hydrogens (tertiary/aromatic N) is 3. The molecule has 0 bridgehead atoms. The topological polar surface area (TPSA) is 56.7 Å². The Morgan fingerprint density at radius 1 is 1.57 bits per heavy atom. The third-order valence-electron chi connectivity index (χ3n) is 2.20. The lowest BCUT2D eigenvalue weighted by Crippen LogP contribution is -2.11. The van der Waals surface area contributed by atoms with E-state index < -0.39 is 0 Å². The minimum atomic E-state index is 0.115. The van der Waals surface area contributed by atoms with E-state index in [1.54, 1.807) is 28.4 Å². The molecule has 0 amide bonds. The quantitative estimate of drug-likeness (QED) is 0.819. The number of rotatable bonds is 2. The van der Waals surface area contributed by atoms with Crippen LogP contribution in [0.1, 0.15) is 23.5 Å². The maximum Gasteiger partial charge on any atom is 0.125 e. The van der Waals surface area contributed by atoms with Crippen LogP contribution in [0, 0.1) is 6.92 Å². The van der Waals surface area contributed by atoms with Crippen molar-refractivity contribution in [3.8, 4) is 0 Å². The molecule has 2 aromatic rings. The van der Waals surface area contributed by atoms with Crippen molar-refractivity contribution in [3.63, 3.8) is 0 Å². The summed E-state index contributed by atoms with van der Waals surface area (Å²) in [4.78, 5) is 4.25. The van der Waals surface area contributed by atoms with Crippen molar-refractivity contribution in [2.24, 2.45) is 0 Å². The average molecular weight is 208 g/mol. The van der Waals surface area contributed by atoms with E-state index in [9.17, 15) is 0 Å². The van der Waals surface area contributed by atoms with Crippen molar-refractivity contribution in [1.82, 2.24) is 14.8 Å². The second kappa shape index (κ2) is 3.42. The molecule has 0 fully saturated rings. The Bertz CT molecular complexity index is 418. The molecule has 0 aliphatic carbocycles. The number of hydrogen-bond donors (Lipinski definition) is 1. The van der Waals surface area contributed by atoms with Crippen molar-refractivity contribution in [2.75, 3.05) is 5.73 Å². The van der Waals surface area contributed by atoms with Crippen LogP contribution in [-0.4, -0.2) is 14.8 Å². The largest absolute Gasteiger partial charge is 0.384 e. The number of hydrogen-bond acceptors (Lipinski definition) is 4. The smallest absolute Gasteiger partial charge is 0.125 e. The summed E-state index contributed by atoms with van der Waals surface area (Å²) in [6, 6.07) is 0.115. The number of aromatic nitrogens is 3. The highest BCUT2D eigenvalue weighted by atomic mass is 32.1. The second-order valence-corrected chi connectivity index (χ2v) is 4.13. The maximum absolute atomic E-state index is 5.89. The number of nitrogens with two attached hydrogens (primary N) is 1. The highest BCUT2D eigenvalue weighted by Crippen LogP contribution is 2.23. The first kappa shape index (κ1) is 9.21. The summed E-state index contributed by atoms with van der Waals surface area (Å²) < 4.78 is 1.80. The van der Waals surface area contributed by atoms with Crippen molar-refractivity contribution in [3.05, 3.63) is 28.3 Å². The van der Waals surface area contributed by atoms with Crippen LogP contribution in [0.3, 0.4) is 0 Å². The maximum atomic E-state index is 5.89. The summed E-state index contributed by atoms with van der Waals surface area (Å²) in [5, 5.41) is 7.21. The monoisotopic (exact) mass is 208 g/mol. The summed E-state index contributed by atoms with van der Waals surface area (Å²) in [5.41, 5.74) is 6.89. The number of nitrogen functional groups attached to an aromatic ring is 1. The van der Waals surface area contributed by atoms with Gasteiger partial charge in [0.05, 0.1) is 6.20 Å². The van der Waals surface area contributed by atoms with Gasteiger partial charge in [-0.3, -0.25) is 0 Å². The Morgan fingerprint density at radius 3 is 2.86 bits per heavy atom. The van der Waals surface area contributed by atoms with Gasteiger partial charge in [-0.05, 0) is 13.8 Å². The fourth-order valence-electron chi connectivity index (χ4n) is 1.31. The molecule has 1 unspecified atom stereocenters. The van der Waals surface area contributed by atoms with Gasteiger partial charge < -0.3 is 5.73 Å². The number of anilines is 1. The van der Waals surface area contributed by atoms with Gasteiger partial charge in [0, 0.05) is 17.1 Å². The van der Waals surface area contributed by atoms with E-state index in [0.717, 1.165) is 10.6 Å². The van der Waals surface area contributed by atoms with Gasteiger partial charge in [-0.15, -0.1) is 11.3 Å². The molecule has 0 radical (unpaired) electrons. The highest BCUT2D eigenvalue weighted by Gasteiger charge is 2.14. The van der Waals surface area contributed by atoms with Gasteiger partial charge in [-0.25, -0.2) is 9.67 Å². The van der Waals surface area contributed by atoms with Gasteiger partial charge in [0.2, 0.25) is 0 Å². The van der Waals surface area contributed by atoms with Crippen LogP contribution in [0.4, 0.5) is 5.82 Å². The molecule has 0 aliphatic heterocycles. The SMILES string of the molecule is Cc1cnn(C(C)c2nccs2)c1N. The Hall–Kier alpha value is -1.36. The van der Waals surface area contributed by atoms with Gasteiger partial charge in [-0.2, -0.15) is 5.10 Å². The first-order valence-electron chi connectivity index (χ1n) is 4.39. The highest BCUT2D eigenvalue weighted by molar-refractivity contribution is 7.09. The lowest BCUT2D eigenvalue weighted by molar-refractivity contribution is 0.570. The van der Waals surface area contributed by atoms with E-state index in [1.807, 2.05) is 19.2 Å².